The molecule has 4 heteroatoms. The lowest BCUT2D eigenvalue weighted by molar-refractivity contribution is 0.105. The molecule has 14 heavy (non-hydrogen) atoms. The molecular formula is C10H11ClFNO. The van der Waals surface area contributed by atoms with Gasteiger partial charge in [-0.15, -0.1) is 0 Å². The minimum Gasteiger partial charge on any atom is -0.372 e. The van der Waals surface area contributed by atoms with Gasteiger partial charge in [0.15, 0.2) is 0 Å². The molecule has 0 saturated carbocycles. The lowest BCUT2D eigenvalue weighted by Crippen LogP contribution is -2.23. The molecule has 0 amide bonds. The van der Waals surface area contributed by atoms with Crippen molar-refractivity contribution in [1.82, 2.24) is 0 Å². The van der Waals surface area contributed by atoms with E-state index in [2.05, 4.69) is 0 Å². The van der Waals surface area contributed by atoms with Gasteiger partial charge < -0.3 is 10.5 Å². The lowest BCUT2D eigenvalue weighted by atomic mass is 10.0. The highest BCUT2D eigenvalue weighted by atomic mass is 35.5. The molecule has 1 aliphatic rings. The van der Waals surface area contributed by atoms with E-state index in [1.165, 1.54) is 12.1 Å². The van der Waals surface area contributed by atoms with Crippen molar-refractivity contribution in [1.29, 1.82) is 0 Å². The Hall–Kier alpha value is -0.640. The second kappa shape index (κ2) is 3.85. The molecule has 1 fully saturated rings. The fourth-order valence-electron chi connectivity index (χ4n) is 1.64. The van der Waals surface area contributed by atoms with Crippen molar-refractivity contribution in [2.45, 2.75) is 18.6 Å². The fourth-order valence-corrected chi connectivity index (χ4v) is 1.76. The van der Waals surface area contributed by atoms with Crippen molar-refractivity contribution in [3.8, 4) is 0 Å². The average molecular weight is 216 g/mol. The van der Waals surface area contributed by atoms with Crippen LogP contribution in [-0.2, 0) is 4.74 Å². The van der Waals surface area contributed by atoms with Crippen LogP contribution in [-0.4, -0.2) is 12.6 Å². The van der Waals surface area contributed by atoms with Crippen LogP contribution in [0.4, 0.5) is 4.39 Å². The quantitative estimate of drug-likeness (QED) is 0.780. The summed E-state index contributed by atoms with van der Waals surface area (Å²) in [5, 5.41) is 0.125. The van der Waals surface area contributed by atoms with Gasteiger partial charge in [-0.05, 0) is 24.1 Å². The van der Waals surface area contributed by atoms with Crippen LogP contribution in [0.5, 0.6) is 0 Å². The zero-order valence-corrected chi connectivity index (χ0v) is 8.30. The summed E-state index contributed by atoms with van der Waals surface area (Å²) in [4.78, 5) is 0. The highest BCUT2D eigenvalue weighted by Crippen LogP contribution is 2.29. The summed E-state index contributed by atoms with van der Waals surface area (Å²) in [6, 6.07) is 4.62. The van der Waals surface area contributed by atoms with E-state index in [4.69, 9.17) is 22.1 Å². The second-order valence-corrected chi connectivity index (χ2v) is 3.82. The Morgan fingerprint density at radius 2 is 2.29 bits per heavy atom. The molecule has 2 N–H and O–H groups in total. The van der Waals surface area contributed by atoms with Crippen molar-refractivity contribution in [3.05, 3.63) is 34.6 Å². The Kier molecular flexibility index (Phi) is 2.72. The van der Waals surface area contributed by atoms with Gasteiger partial charge >= 0.3 is 0 Å². The molecule has 2 atom stereocenters. The number of hydrogen-bond acceptors (Lipinski definition) is 2. The number of halogens is 2. The van der Waals surface area contributed by atoms with E-state index >= 15 is 0 Å². The van der Waals surface area contributed by atoms with Gasteiger partial charge in [0.05, 0.1) is 11.1 Å². The van der Waals surface area contributed by atoms with E-state index < -0.39 is 5.82 Å². The van der Waals surface area contributed by atoms with Crippen molar-refractivity contribution in [2.24, 2.45) is 5.73 Å². The van der Waals surface area contributed by atoms with E-state index in [-0.39, 0.29) is 17.2 Å². The van der Waals surface area contributed by atoms with Crippen molar-refractivity contribution < 1.29 is 9.13 Å². The van der Waals surface area contributed by atoms with Gasteiger partial charge in [0, 0.05) is 12.6 Å². The third kappa shape index (κ3) is 1.75. The van der Waals surface area contributed by atoms with Crippen LogP contribution in [0.15, 0.2) is 18.2 Å². The molecule has 1 heterocycles. The molecule has 0 aromatic heterocycles. The van der Waals surface area contributed by atoms with Gasteiger partial charge in [0.2, 0.25) is 0 Å². The van der Waals surface area contributed by atoms with Crippen LogP contribution < -0.4 is 5.73 Å². The Labute approximate surface area is 86.8 Å². The van der Waals surface area contributed by atoms with Crippen molar-refractivity contribution in [2.75, 3.05) is 6.61 Å². The molecule has 0 spiro atoms. The predicted octanol–water partition coefficient (Wildman–Crippen LogP) is 2.27. The van der Waals surface area contributed by atoms with Crippen LogP contribution >= 0.6 is 11.6 Å². The van der Waals surface area contributed by atoms with Crippen LogP contribution in [0.3, 0.4) is 0 Å². The monoisotopic (exact) mass is 215 g/mol. The summed E-state index contributed by atoms with van der Waals surface area (Å²) in [5.41, 5.74) is 6.58. The molecule has 1 aromatic carbocycles. The lowest BCUT2D eigenvalue weighted by Gasteiger charge is -2.14. The first kappa shape index (κ1) is 9.90. The minimum absolute atomic E-state index is 0.0458. The van der Waals surface area contributed by atoms with E-state index in [1.807, 2.05) is 0 Å². The first-order chi connectivity index (χ1) is 6.68. The van der Waals surface area contributed by atoms with Crippen LogP contribution in [0, 0.1) is 5.82 Å². The standard InChI is InChI=1S/C10H11ClFNO/c11-7-2-1-6(5-8(7)12)10-9(13)3-4-14-10/h1-2,5,9-10H,3-4,13H2/t9-,10+/m0/s1. The Bertz CT molecular complexity index is 345. The Balaban J connectivity index is 2.28. The zero-order valence-electron chi connectivity index (χ0n) is 7.54. The number of ether oxygens (including phenoxy) is 1. The Morgan fingerprint density at radius 1 is 1.50 bits per heavy atom. The molecular weight excluding hydrogens is 205 g/mol. The molecule has 1 saturated heterocycles. The van der Waals surface area contributed by atoms with Gasteiger partial charge in [-0.3, -0.25) is 0 Å². The van der Waals surface area contributed by atoms with Crippen molar-refractivity contribution >= 4 is 11.6 Å². The summed E-state index contributed by atoms with van der Waals surface area (Å²) in [6.45, 7) is 0.635. The van der Waals surface area contributed by atoms with Gasteiger partial charge in [0.25, 0.3) is 0 Å². The maximum atomic E-state index is 13.1. The van der Waals surface area contributed by atoms with E-state index in [9.17, 15) is 4.39 Å². The summed E-state index contributed by atoms with van der Waals surface area (Å²) in [5.74, 6) is -0.424. The van der Waals surface area contributed by atoms with Crippen molar-refractivity contribution in [3.63, 3.8) is 0 Å². The molecule has 1 aliphatic heterocycles. The predicted molar refractivity (Wildman–Crippen MR) is 52.7 cm³/mol. The topological polar surface area (TPSA) is 35.2 Å². The maximum absolute atomic E-state index is 13.1. The van der Waals surface area contributed by atoms with Gasteiger partial charge in [-0.2, -0.15) is 0 Å². The number of nitrogens with two attached hydrogens (primary N) is 1. The first-order valence-corrected chi connectivity index (χ1v) is 4.88. The number of rotatable bonds is 1. The molecule has 0 unspecified atom stereocenters. The number of benzene rings is 1. The second-order valence-electron chi connectivity index (χ2n) is 3.42. The van der Waals surface area contributed by atoms with Gasteiger partial charge in [-0.25, -0.2) is 4.39 Å². The van der Waals surface area contributed by atoms with Crippen LogP contribution in [0.25, 0.3) is 0 Å². The van der Waals surface area contributed by atoms with Crippen LogP contribution in [0.2, 0.25) is 5.02 Å². The van der Waals surface area contributed by atoms with E-state index in [0.717, 1.165) is 12.0 Å². The SMILES string of the molecule is N[C@H]1CCO[C@@H]1c1ccc(Cl)c(F)c1. The van der Waals surface area contributed by atoms with Gasteiger partial charge in [-0.1, -0.05) is 17.7 Å². The Morgan fingerprint density at radius 3 is 2.86 bits per heavy atom. The minimum atomic E-state index is -0.424. The summed E-state index contributed by atoms with van der Waals surface area (Å²) < 4.78 is 18.5. The molecule has 2 nitrogen and oxygen atoms in total. The normalized spacial score (nSPS) is 26.8. The third-order valence-corrected chi connectivity index (χ3v) is 2.72. The molecule has 0 radical (unpaired) electrons. The molecule has 76 valence electrons. The highest BCUT2D eigenvalue weighted by molar-refractivity contribution is 6.30. The highest BCUT2D eigenvalue weighted by Gasteiger charge is 2.26. The molecule has 0 bridgehead atoms. The zero-order chi connectivity index (χ0) is 10.1. The molecule has 0 aliphatic carbocycles. The largest absolute Gasteiger partial charge is 0.372 e. The van der Waals surface area contributed by atoms with Crippen LogP contribution in [0.1, 0.15) is 18.1 Å². The molecule has 1 aromatic rings. The molecule has 2 rings (SSSR count). The maximum Gasteiger partial charge on any atom is 0.142 e. The van der Waals surface area contributed by atoms with Gasteiger partial charge in [0.1, 0.15) is 5.82 Å². The third-order valence-electron chi connectivity index (χ3n) is 2.41. The average Bonchev–Trinajstić information content (AvgIpc) is 2.57. The summed E-state index contributed by atoms with van der Waals surface area (Å²) >= 11 is 5.58. The fraction of sp³-hybridized carbons (Fsp3) is 0.400. The smallest absolute Gasteiger partial charge is 0.142 e. The van der Waals surface area contributed by atoms with E-state index in [0.29, 0.717) is 6.61 Å². The summed E-state index contributed by atoms with van der Waals surface area (Å²) in [6.07, 6.45) is 0.622. The summed E-state index contributed by atoms with van der Waals surface area (Å²) in [7, 11) is 0. The first-order valence-electron chi connectivity index (χ1n) is 4.50. The number of hydrogen-bond donors (Lipinski definition) is 1. The van der Waals surface area contributed by atoms with E-state index in [1.54, 1.807) is 6.07 Å².